The Morgan fingerprint density at radius 2 is 2.00 bits per heavy atom. The van der Waals surface area contributed by atoms with Gasteiger partial charge in [-0.1, -0.05) is 24.3 Å². The maximum atomic E-state index is 12.0. The summed E-state index contributed by atoms with van der Waals surface area (Å²) >= 11 is 2.22. The fourth-order valence-electron chi connectivity index (χ4n) is 2.10. The zero-order valence-corrected chi connectivity index (χ0v) is 13.9. The first-order valence-corrected chi connectivity index (χ1v) is 7.67. The molecule has 1 aliphatic rings. The highest BCUT2D eigenvalue weighted by atomic mass is 127. The molecule has 0 bridgehead atoms. The number of methoxy groups -OCH3 is 1. The summed E-state index contributed by atoms with van der Waals surface area (Å²) < 4.78 is 11.6. The first-order valence-electron chi connectivity index (χ1n) is 6.59. The molecule has 0 N–H and O–H groups in total. The molecule has 0 unspecified atom stereocenters. The predicted molar refractivity (Wildman–Crippen MR) is 92.8 cm³/mol. The van der Waals surface area contributed by atoms with Gasteiger partial charge >= 0.3 is 5.97 Å². The van der Waals surface area contributed by atoms with Crippen molar-refractivity contribution in [3.05, 3.63) is 68.9 Å². The molecule has 0 amide bonds. The van der Waals surface area contributed by atoms with E-state index in [-0.39, 0.29) is 11.6 Å². The third-order valence-electron chi connectivity index (χ3n) is 3.11. The first kappa shape index (κ1) is 14.8. The number of aliphatic imine (C=N–C) groups is 1. The second-order valence-electron chi connectivity index (χ2n) is 4.59. The van der Waals surface area contributed by atoms with E-state index < -0.39 is 5.97 Å². The lowest BCUT2D eigenvalue weighted by Crippen LogP contribution is -2.06. The number of halogens is 1. The summed E-state index contributed by atoms with van der Waals surface area (Å²) in [6.45, 7) is 0. The Labute approximate surface area is 141 Å². The molecule has 1 heterocycles. The maximum Gasteiger partial charge on any atom is 0.363 e. The fraction of sp³-hybridized carbons (Fsp3) is 0.0588. The van der Waals surface area contributed by atoms with Gasteiger partial charge in [-0.3, -0.25) is 0 Å². The summed E-state index contributed by atoms with van der Waals surface area (Å²) in [5.41, 5.74) is 1.84. The molecular weight excluding hydrogens is 393 g/mol. The first-order chi connectivity index (χ1) is 10.7. The van der Waals surface area contributed by atoms with E-state index in [1.807, 2.05) is 36.4 Å². The number of carbonyl (C=O) groups is 1. The number of nitrogens with zero attached hydrogens (tertiary/aromatic N) is 1. The molecule has 0 saturated carbocycles. The Balaban J connectivity index is 1.98. The quantitative estimate of drug-likeness (QED) is 0.445. The fourth-order valence-corrected chi connectivity index (χ4v) is 2.67. The zero-order chi connectivity index (χ0) is 15.5. The van der Waals surface area contributed by atoms with Crippen LogP contribution in [0.5, 0.6) is 5.75 Å². The van der Waals surface area contributed by atoms with E-state index in [1.165, 1.54) is 0 Å². The van der Waals surface area contributed by atoms with Crippen molar-refractivity contribution < 1.29 is 14.3 Å². The minimum absolute atomic E-state index is 0.263. The molecule has 0 saturated heterocycles. The normalized spacial score (nSPS) is 15.6. The SMILES string of the molecule is COc1ccccc1C1=N/C(=C/c2cccc(I)c2)C(=O)O1. The van der Waals surface area contributed by atoms with E-state index in [0.29, 0.717) is 11.3 Å². The Hall–Kier alpha value is -2.15. The van der Waals surface area contributed by atoms with Crippen molar-refractivity contribution in [1.29, 1.82) is 0 Å². The van der Waals surface area contributed by atoms with Gasteiger partial charge in [0.2, 0.25) is 5.90 Å². The summed E-state index contributed by atoms with van der Waals surface area (Å²) in [6, 6.07) is 15.1. The molecule has 5 heteroatoms. The Kier molecular flexibility index (Phi) is 4.24. The van der Waals surface area contributed by atoms with Gasteiger partial charge in [-0.25, -0.2) is 9.79 Å². The van der Waals surface area contributed by atoms with Crippen molar-refractivity contribution in [2.24, 2.45) is 4.99 Å². The lowest BCUT2D eigenvalue weighted by molar-refractivity contribution is -0.129. The number of cyclic esters (lactones) is 1. The van der Waals surface area contributed by atoms with Crippen molar-refractivity contribution in [3.8, 4) is 5.75 Å². The Bertz CT molecular complexity index is 796. The Morgan fingerprint density at radius 3 is 2.77 bits per heavy atom. The van der Waals surface area contributed by atoms with Crippen LogP contribution >= 0.6 is 22.6 Å². The van der Waals surface area contributed by atoms with E-state index in [1.54, 1.807) is 25.3 Å². The summed E-state index contributed by atoms with van der Waals surface area (Å²) in [4.78, 5) is 16.3. The van der Waals surface area contributed by atoms with Gasteiger partial charge in [-0.2, -0.15) is 0 Å². The number of benzene rings is 2. The molecule has 0 spiro atoms. The van der Waals surface area contributed by atoms with Gasteiger partial charge in [-0.15, -0.1) is 0 Å². The number of para-hydroxylation sites is 1. The third-order valence-corrected chi connectivity index (χ3v) is 3.78. The molecule has 3 rings (SSSR count). The summed E-state index contributed by atoms with van der Waals surface area (Å²) in [7, 11) is 1.57. The number of rotatable bonds is 3. The molecule has 0 radical (unpaired) electrons. The van der Waals surface area contributed by atoms with Crippen LogP contribution in [0, 0.1) is 3.57 Å². The topological polar surface area (TPSA) is 47.9 Å². The predicted octanol–water partition coefficient (Wildman–Crippen LogP) is 3.64. The van der Waals surface area contributed by atoms with E-state index in [0.717, 1.165) is 9.13 Å². The lowest BCUT2D eigenvalue weighted by atomic mass is 10.2. The molecule has 0 aromatic heterocycles. The van der Waals surface area contributed by atoms with Gasteiger partial charge in [0.1, 0.15) is 5.75 Å². The van der Waals surface area contributed by atoms with Crippen molar-refractivity contribution in [3.63, 3.8) is 0 Å². The number of hydrogen-bond acceptors (Lipinski definition) is 4. The number of carbonyl (C=O) groups excluding carboxylic acids is 1. The van der Waals surface area contributed by atoms with Crippen LogP contribution in [0.2, 0.25) is 0 Å². The van der Waals surface area contributed by atoms with Gasteiger partial charge in [0.25, 0.3) is 0 Å². The second-order valence-corrected chi connectivity index (χ2v) is 5.84. The summed E-state index contributed by atoms with van der Waals surface area (Å²) in [5.74, 6) is 0.420. The van der Waals surface area contributed by atoms with Crippen molar-refractivity contribution in [2.45, 2.75) is 0 Å². The van der Waals surface area contributed by atoms with Crippen LogP contribution in [0.4, 0.5) is 0 Å². The monoisotopic (exact) mass is 405 g/mol. The largest absolute Gasteiger partial charge is 0.496 e. The molecule has 0 atom stereocenters. The number of ether oxygens (including phenoxy) is 2. The minimum Gasteiger partial charge on any atom is -0.496 e. The highest BCUT2D eigenvalue weighted by Gasteiger charge is 2.26. The van der Waals surface area contributed by atoms with Gasteiger partial charge in [0.05, 0.1) is 12.7 Å². The van der Waals surface area contributed by atoms with Gasteiger partial charge < -0.3 is 9.47 Å². The second kappa shape index (κ2) is 6.31. The van der Waals surface area contributed by atoms with E-state index in [2.05, 4.69) is 27.6 Å². The van der Waals surface area contributed by atoms with Crippen molar-refractivity contribution in [2.75, 3.05) is 7.11 Å². The molecule has 2 aromatic carbocycles. The molecule has 4 nitrogen and oxygen atoms in total. The number of hydrogen-bond donors (Lipinski definition) is 0. The number of esters is 1. The molecule has 0 aliphatic carbocycles. The minimum atomic E-state index is -0.459. The van der Waals surface area contributed by atoms with Crippen LogP contribution in [-0.4, -0.2) is 19.0 Å². The van der Waals surface area contributed by atoms with E-state index in [4.69, 9.17) is 9.47 Å². The third kappa shape index (κ3) is 3.04. The highest BCUT2D eigenvalue weighted by Crippen LogP contribution is 2.25. The van der Waals surface area contributed by atoms with Crippen molar-refractivity contribution >= 4 is 40.5 Å². The van der Waals surface area contributed by atoms with Gasteiger partial charge in [-0.05, 0) is 58.5 Å². The highest BCUT2D eigenvalue weighted by molar-refractivity contribution is 14.1. The van der Waals surface area contributed by atoms with Crippen LogP contribution in [0.25, 0.3) is 6.08 Å². The van der Waals surface area contributed by atoms with Crippen LogP contribution in [-0.2, 0) is 9.53 Å². The van der Waals surface area contributed by atoms with Crippen LogP contribution in [0.3, 0.4) is 0 Å². The van der Waals surface area contributed by atoms with Crippen LogP contribution in [0.15, 0.2) is 59.2 Å². The maximum absolute atomic E-state index is 12.0. The Morgan fingerprint density at radius 1 is 1.18 bits per heavy atom. The zero-order valence-electron chi connectivity index (χ0n) is 11.7. The molecule has 0 fully saturated rings. The molecular formula is C17H12INO3. The van der Waals surface area contributed by atoms with Crippen molar-refractivity contribution in [1.82, 2.24) is 0 Å². The van der Waals surface area contributed by atoms with E-state index in [9.17, 15) is 4.79 Å². The molecule has 22 heavy (non-hydrogen) atoms. The van der Waals surface area contributed by atoms with E-state index >= 15 is 0 Å². The van der Waals surface area contributed by atoms with Gasteiger partial charge in [0.15, 0.2) is 5.70 Å². The van der Waals surface area contributed by atoms with Crippen LogP contribution < -0.4 is 4.74 Å². The smallest absolute Gasteiger partial charge is 0.363 e. The average Bonchev–Trinajstić information content (AvgIpc) is 2.88. The summed E-state index contributed by atoms with van der Waals surface area (Å²) in [6.07, 6.45) is 1.72. The standard InChI is InChI=1S/C17H12INO3/c1-21-15-8-3-2-7-13(15)16-19-14(17(20)22-16)10-11-5-4-6-12(18)9-11/h2-10H,1H3/b14-10+. The molecule has 1 aliphatic heterocycles. The van der Waals surface area contributed by atoms with Gasteiger partial charge in [0, 0.05) is 3.57 Å². The van der Waals surface area contributed by atoms with Crippen LogP contribution in [0.1, 0.15) is 11.1 Å². The molecule has 110 valence electrons. The molecule has 2 aromatic rings. The lowest BCUT2D eigenvalue weighted by Gasteiger charge is -2.05. The average molecular weight is 405 g/mol. The summed E-state index contributed by atoms with van der Waals surface area (Å²) in [5, 5.41) is 0.